The van der Waals surface area contributed by atoms with Crippen LogP contribution in [0.5, 0.6) is 0 Å². The first-order chi connectivity index (χ1) is 8.16. The van der Waals surface area contributed by atoms with Crippen molar-refractivity contribution in [1.82, 2.24) is 5.32 Å². The molecule has 0 atom stereocenters. The van der Waals surface area contributed by atoms with Crippen LogP contribution in [0.3, 0.4) is 0 Å². The molecule has 4 heteroatoms. The van der Waals surface area contributed by atoms with Gasteiger partial charge in [0.05, 0.1) is 0 Å². The van der Waals surface area contributed by atoms with E-state index in [-0.39, 0.29) is 0 Å². The smallest absolute Gasteiger partial charge is 0.248 e. The summed E-state index contributed by atoms with van der Waals surface area (Å²) in [6.45, 7) is 1.77. The fourth-order valence-electron chi connectivity index (χ4n) is 1.78. The van der Waals surface area contributed by atoms with E-state index in [1.807, 2.05) is 6.07 Å². The summed E-state index contributed by atoms with van der Waals surface area (Å²) in [5.41, 5.74) is 6.64. The van der Waals surface area contributed by atoms with Crippen LogP contribution in [0.25, 0.3) is 0 Å². The van der Waals surface area contributed by atoms with Crippen LogP contribution in [0.1, 0.15) is 35.2 Å². The number of hydrogen-bond donors (Lipinski definition) is 2. The van der Waals surface area contributed by atoms with Gasteiger partial charge in [-0.15, -0.1) is 0 Å². The first kappa shape index (κ1) is 12.4. The van der Waals surface area contributed by atoms with Crippen molar-refractivity contribution in [3.05, 3.63) is 34.3 Å². The number of amides is 1. The van der Waals surface area contributed by atoms with Crippen LogP contribution < -0.4 is 11.1 Å². The van der Waals surface area contributed by atoms with Gasteiger partial charge in [0.25, 0.3) is 0 Å². The van der Waals surface area contributed by atoms with E-state index in [0.717, 1.165) is 24.6 Å². The summed E-state index contributed by atoms with van der Waals surface area (Å²) in [4.78, 5) is 11.0. The average Bonchev–Trinajstić information content (AvgIpc) is 3.09. The fourth-order valence-corrected chi connectivity index (χ4v) is 2.03. The lowest BCUT2D eigenvalue weighted by Crippen LogP contribution is -2.16. The summed E-state index contributed by atoms with van der Waals surface area (Å²) >= 11 is 6.08. The number of carbonyl (C=O) groups excluding carboxylic acids is 1. The molecular weight excluding hydrogens is 236 g/mol. The Morgan fingerprint density at radius 1 is 1.47 bits per heavy atom. The second-order valence-corrected chi connectivity index (χ2v) is 4.99. The predicted octanol–water partition coefficient (Wildman–Crippen LogP) is 2.33. The van der Waals surface area contributed by atoms with Gasteiger partial charge in [-0.2, -0.15) is 0 Å². The molecule has 2 rings (SSSR count). The van der Waals surface area contributed by atoms with Gasteiger partial charge in [0.15, 0.2) is 0 Å². The van der Waals surface area contributed by atoms with E-state index in [1.54, 1.807) is 12.1 Å². The Labute approximate surface area is 106 Å². The molecule has 0 aliphatic heterocycles. The number of nitrogens with two attached hydrogens (primary N) is 1. The maximum absolute atomic E-state index is 11.0. The molecule has 0 spiro atoms. The van der Waals surface area contributed by atoms with Crippen LogP contribution in [0.15, 0.2) is 18.2 Å². The minimum atomic E-state index is -0.444. The number of carbonyl (C=O) groups is 1. The highest BCUT2D eigenvalue weighted by atomic mass is 35.5. The van der Waals surface area contributed by atoms with Gasteiger partial charge in [0, 0.05) is 17.1 Å². The lowest BCUT2D eigenvalue weighted by molar-refractivity contribution is 0.100. The fraction of sp³-hybridized carbons (Fsp3) is 0.462. The molecule has 1 amide bonds. The molecule has 0 radical (unpaired) electrons. The Hall–Kier alpha value is -1.06. The van der Waals surface area contributed by atoms with E-state index < -0.39 is 5.91 Å². The van der Waals surface area contributed by atoms with Gasteiger partial charge in [0.2, 0.25) is 5.91 Å². The van der Waals surface area contributed by atoms with Crippen molar-refractivity contribution >= 4 is 17.5 Å². The van der Waals surface area contributed by atoms with Gasteiger partial charge >= 0.3 is 0 Å². The third-order valence-electron chi connectivity index (χ3n) is 3.08. The maximum atomic E-state index is 11.0. The standard InChI is InChI=1S/C13H17ClN2O/c14-12-7-10(13(15)17)3-4-11(12)8-16-6-5-9-1-2-9/h3-4,7,9,16H,1-2,5-6,8H2,(H2,15,17). The highest BCUT2D eigenvalue weighted by molar-refractivity contribution is 6.31. The number of nitrogens with one attached hydrogen (secondary N) is 1. The van der Waals surface area contributed by atoms with Crippen molar-refractivity contribution in [3.8, 4) is 0 Å². The molecule has 1 aromatic carbocycles. The van der Waals surface area contributed by atoms with Crippen LogP contribution >= 0.6 is 11.6 Å². The molecule has 1 aromatic rings. The van der Waals surface area contributed by atoms with Crippen molar-refractivity contribution < 1.29 is 4.79 Å². The van der Waals surface area contributed by atoms with Gasteiger partial charge in [-0.25, -0.2) is 0 Å². The zero-order chi connectivity index (χ0) is 12.3. The zero-order valence-electron chi connectivity index (χ0n) is 9.71. The first-order valence-corrected chi connectivity index (χ1v) is 6.33. The van der Waals surface area contributed by atoms with E-state index in [2.05, 4.69) is 5.32 Å². The van der Waals surface area contributed by atoms with Gasteiger partial charge in [-0.1, -0.05) is 30.5 Å². The summed E-state index contributed by atoms with van der Waals surface area (Å²) in [6.07, 6.45) is 4.02. The van der Waals surface area contributed by atoms with E-state index in [9.17, 15) is 4.79 Å². The largest absolute Gasteiger partial charge is 0.366 e. The second kappa shape index (κ2) is 5.52. The lowest BCUT2D eigenvalue weighted by Gasteiger charge is -2.07. The number of rotatable bonds is 6. The molecule has 1 fully saturated rings. The lowest BCUT2D eigenvalue weighted by atomic mass is 10.1. The van der Waals surface area contributed by atoms with E-state index >= 15 is 0 Å². The quantitative estimate of drug-likeness (QED) is 0.764. The minimum absolute atomic E-state index is 0.444. The molecular formula is C13H17ClN2O. The molecule has 3 N–H and O–H groups in total. The van der Waals surface area contributed by atoms with E-state index in [4.69, 9.17) is 17.3 Å². The van der Waals surface area contributed by atoms with Crippen LogP contribution in [-0.2, 0) is 6.54 Å². The second-order valence-electron chi connectivity index (χ2n) is 4.58. The van der Waals surface area contributed by atoms with Crippen LogP contribution in [0.4, 0.5) is 0 Å². The Morgan fingerprint density at radius 3 is 2.82 bits per heavy atom. The molecule has 1 saturated carbocycles. The molecule has 0 bridgehead atoms. The third-order valence-corrected chi connectivity index (χ3v) is 3.43. The molecule has 0 aromatic heterocycles. The molecule has 0 heterocycles. The zero-order valence-corrected chi connectivity index (χ0v) is 10.5. The molecule has 92 valence electrons. The molecule has 17 heavy (non-hydrogen) atoms. The van der Waals surface area contributed by atoms with E-state index in [1.165, 1.54) is 19.3 Å². The number of hydrogen-bond acceptors (Lipinski definition) is 2. The van der Waals surface area contributed by atoms with Gasteiger partial charge < -0.3 is 11.1 Å². The Kier molecular flexibility index (Phi) is 4.02. The number of halogens is 1. The summed E-state index contributed by atoms with van der Waals surface area (Å²) in [6, 6.07) is 5.19. The van der Waals surface area contributed by atoms with E-state index in [0.29, 0.717) is 10.6 Å². The summed E-state index contributed by atoms with van der Waals surface area (Å²) in [7, 11) is 0. The molecule has 1 aliphatic rings. The highest BCUT2D eigenvalue weighted by Gasteiger charge is 2.19. The van der Waals surface area contributed by atoms with Crippen LogP contribution in [0, 0.1) is 5.92 Å². The Balaban J connectivity index is 1.84. The minimum Gasteiger partial charge on any atom is -0.366 e. The summed E-state index contributed by atoms with van der Waals surface area (Å²) in [5, 5.41) is 3.96. The number of benzene rings is 1. The summed E-state index contributed by atoms with van der Waals surface area (Å²) in [5.74, 6) is 0.496. The molecule has 3 nitrogen and oxygen atoms in total. The van der Waals surface area contributed by atoms with Crippen LogP contribution in [-0.4, -0.2) is 12.5 Å². The van der Waals surface area contributed by atoms with Gasteiger partial charge in [-0.3, -0.25) is 4.79 Å². The van der Waals surface area contributed by atoms with Gasteiger partial charge in [0.1, 0.15) is 0 Å². The molecule has 0 unspecified atom stereocenters. The SMILES string of the molecule is NC(=O)c1ccc(CNCCC2CC2)c(Cl)c1. The normalized spacial score (nSPS) is 14.9. The van der Waals surface area contributed by atoms with Crippen molar-refractivity contribution in [2.45, 2.75) is 25.8 Å². The third kappa shape index (κ3) is 3.72. The topological polar surface area (TPSA) is 55.1 Å². The predicted molar refractivity (Wildman–Crippen MR) is 69.0 cm³/mol. The highest BCUT2D eigenvalue weighted by Crippen LogP contribution is 2.31. The maximum Gasteiger partial charge on any atom is 0.248 e. The first-order valence-electron chi connectivity index (χ1n) is 5.96. The molecule has 0 saturated heterocycles. The van der Waals surface area contributed by atoms with Crippen molar-refractivity contribution in [1.29, 1.82) is 0 Å². The Morgan fingerprint density at radius 2 is 2.24 bits per heavy atom. The number of primary amides is 1. The van der Waals surface area contributed by atoms with Crippen molar-refractivity contribution in [2.75, 3.05) is 6.54 Å². The van der Waals surface area contributed by atoms with Crippen LogP contribution in [0.2, 0.25) is 5.02 Å². The molecule has 1 aliphatic carbocycles. The monoisotopic (exact) mass is 252 g/mol. The van der Waals surface area contributed by atoms with Crippen molar-refractivity contribution in [3.63, 3.8) is 0 Å². The summed E-state index contributed by atoms with van der Waals surface area (Å²) < 4.78 is 0. The average molecular weight is 253 g/mol. The Bertz CT molecular complexity index is 416. The van der Waals surface area contributed by atoms with Gasteiger partial charge in [-0.05, 0) is 36.6 Å². The van der Waals surface area contributed by atoms with Crippen molar-refractivity contribution in [2.24, 2.45) is 11.7 Å².